The summed E-state index contributed by atoms with van der Waals surface area (Å²) >= 11 is 0. The molecular formula is C15H22N2O3S. The van der Waals surface area contributed by atoms with E-state index in [1.165, 1.54) is 0 Å². The van der Waals surface area contributed by atoms with Crippen molar-refractivity contribution in [2.24, 2.45) is 5.92 Å². The Kier molecular flexibility index (Phi) is 4.05. The van der Waals surface area contributed by atoms with E-state index in [-0.39, 0.29) is 12.0 Å². The molecule has 1 aromatic rings. The number of sulfonamides is 1. The SMILES string of the molecule is Cc1ccccc1S(=O)(=O)N1C[C@@H]2COC[C@H](C1)N(C)C2. The fourth-order valence-corrected chi connectivity index (χ4v) is 4.97. The maximum atomic E-state index is 13.0. The highest BCUT2D eigenvalue weighted by atomic mass is 32.2. The number of benzene rings is 1. The smallest absolute Gasteiger partial charge is 0.243 e. The topological polar surface area (TPSA) is 49.9 Å². The predicted molar refractivity (Wildman–Crippen MR) is 80.7 cm³/mol. The highest BCUT2D eigenvalue weighted by molar-refractivity contribution is 7.89. The first-order chi connectivity index (χ1) is 9.98. The third-order valence-electron chi connectivity index (χ3n) is 4.42. The number of ether oxygens (including phenoxy) is 1. The van der Waals surface area contributed by atoms with Crippen molar-refractivity contribution in [1.82, 2.24) is 9.21 Å². The summed E-state index contributed by atoms with van der Waals surface area (Å²) < 4.78 is 33.2. The van der Waals surface area contributed by atoms with Gasteiger partial charge in [-0.05, 0) is 25.6 Å². The molecule has 21 heavy (non-hydrogen) atoms. The van der Waals surface area contributed by atoms with Crippen LogP contribution in [0.25, 0.3) is 0 Å². The quantitative estimate of drug-likeness (QED) is 0.816. The molecule has 1 aromatic carbocycles. The van der Waals surface area contributed by atoms with Crippen molar-refractivity contribution in [3.63, 3.8) is 0 Å². The van der Waals surface area contributed by atoms with Crippen molar-refractivity contribution >= 4 is 10.0 Å². The van der Waals surface area contributed by atoms with E-state index in [1.807, 2.05) is 19.1 Å². The van der Waals surface area contributed by atoms with Crippen molar-refractivity contribution in [2.75, 3.05) is 39.9 Å². The van der Waals surface area contributed by atoms with Crippen LogP contribution < -0.4 is 0 Å². The molecule has 2 atom stereocenters. The van der Waals surface area contributed by atoms with Crippen molar-refractivity contribution < 1.29 is 13.2 Å². The zero-order chi connectivity index (χ0) is 15.0. The predicted octanol–water partition coefficient (Wildman–Crippen LogP) is 0.946. The van der Waals surface area contributed by atoms with Gasteiger partial charge >= 0.3 is 0 Å². The molecular weight excluding hydrogens is 288 g/mol. The fourth-order valence-electron chi connectivity index (χ4n) is 3.19. The summed E-state index contributed by atoms with van der Waals surface area (Å²) in [4.78, 5) is 2.65. The molecule has 2 saturated heterocycles. The second-order valence-electron chi connectivity index (χ2n) is 6.08. The molecule has 6 heteroatoms. The maximum Gasteiger partial charge on any atom is 0.243 e. The van der Waals surface area contributed by atoms with Crippen molar-refractivity contribution in [2.45, 2.75) is 17.9 Å². The Morgan fingerprint density at radius 1 is 1.14 bits per heavy atom. The van der Waals surface area contributed by atoms with E-state index >= 15 is 0 Å². The van der Waals surface area contributed by atoms with Gasteiger partial charge in [-0.3, -0.25) is 4.90 Å². The van der Waals surface area contributed by atoms with Gasteiger partial charge in [0.1, 0.15) is 0 Å². The highest BCUT2D eigenvalue weighted by Gasteiger charge is 2.37. The fraction of sp³-hybridized carbons (Fsp3) is 0.600. The second kappa shape index (κ2) is 5.68. The minimum absolute atomic E-state index is 0.135. The molecule has 0 N–H and O–H groups in total. The van der Waals surface area contributed by atoms with Gasteiger partial charge in [0.05, 0.1) is 18.1 Å². The summed E-state index contributed by atoms with van der Waals surface area (Å²) in [6.07, 6.45) is 0. The number of hydrogen-bond donors (Lipinski definition) is 0. The number of fused-ring (bicyclic) bond motifs is 3. The highest BCUT2D eigenvalue weighted by Crippen LogP contribution is 2.25. The van der Waals surface area contributed by atoms with Crippen LogP contribution >= 0.6 is 0 Å². The lowest BCUT2D eigenvalue weighted by Gasteiger charge is -2.29. The average Bonchev–Trinajstić information content (AvgIpc) is 2.67. The number of rotatable bonds is 2. The zero-order valence-electron chi connectivity index (χ0n) is 12.5. The normalized spacial score (nSPS) is 28.3. The Morgan fingerprint density at radius 3 is 2.67 bits per heavy atom. The van der Waals surface area contributed by atoms with Gasteiger partial charge < -0.3 is 4.74 Å². The van der Waals surface area contributed by atoms with Gasteiger partial charge in [0.15, 0.2) is 0 Å². The second-order valence-corrected chi connectivity index (χ2v) is 7.99. The summed E-state index contributed by atoms with van der Waals surface area (Å²) in [7, 11) is -1.38. The van der Waals surface area contributed by atoms with Gasteiger partial charge in [-0.15, -0.1) is 0 Å². The van der Waals surface area contributed by atoms with Crippen LogP contribution in [0.1, 0.15) is 5.56 Å². The molecule has 0 amide bonds. The van der Waals surface area contributed by atoms with Crippen LogP contribution in [0.4, 0.5) is 0 Å². The molecule has 3 rings (SSSR count). The van der Waals surface area contributed by atoms with Gasteiger partial charge in [0, 0.05) is 31.6 Å². The van der Waals surface area contributed by atoms with Crippen LogP contribution in [0.2, 0.25) is 0 Å². The minimum Gasteiger partial charge on any atom is -0.379 e. The molecule has 5 nitrogen and oxygen atoms in total. The summed E-state index contributed by atoms with van der Waals surface area (Å²) in [5, 5.41) is 0. The lowest BCUT2D eigenvalue weighted by Crippen LogP contribution is -2.44. The molecule has 0 aromatic heterocycles. The molecule has 0 aliphatic carbocycles. The number of likely N-dealkylation sites (N-methyl/N-ethyl adjacent to an activating group) is 1. The third kappa shape index (κ3) is 2.85. The van der Waals surface area contributed by atoms with Crippen LogP contribution in [0, 0.1) is 12.8 Å². The van der Waals surface area contributed by atoms with E-state index in [0.717, 1.165) is 12.1 Å². The molecule has 116 valence electrons. The van der Waals surface area contributed by atoms with Crippen LogP contribution in [0.15, 0.2) is 29.2 Å². The van der Waals surface area contributed by atoms with Crippen molar-refractivity contribution in [3.8, 4) is 0 Å². The lowest BCUT2D eigenvalue weighted by molar-refractivity contribution is 0.0727. The molecule has 2 fully saturated rings. The Labute approximate surface area is 126 Å². The Bertz CT molecular complexity index is 617. The lowest BCUT2D eigenvalue weighted by atomic mass is 10.1. The number of hydrogen-bond acceptors (Lipinski definition) is 4. The number of aryl methyl sites for hydroxylation is 1. The average molecular weight is 310 g/mol. The molecule has 2 aliphatic heterocycles. The summed E-state index contributed by atoms with van der Waals surface area (Å²) in [6, 6.07) is 7.34. The van der Waals surface area contributed by atoms with Gasteiger partial charge in [0.2, 0.25) is 10.0 Å². The first-order valence-electron chi connectivity index (χ1n) is 7.32. The first kappa shape index (κ1) is 15.0. The van der Waals surface area contributed by atoms with Crippen LogP contribution in [-0.2, 0) is 14.8 Å². The van der Waals surface area contributed by atoms with Crippen molar-refractivity contribution in [3.05, 3.63) is 29.8 Å². The molecule has 0 saturated carbocycles. The summed E-state index contributed by atoms with van der Waals surface area (Å²) in [5.74, 6) is 0.237. The van der Waals surface area contributed by atoms with E-state index in [2.05, 4.69) is 11.9 Å². The largest absolute Gasteiger partial charge is 0.379 e. The van der Waals surface area contributed by atoms with Crippen LogP contribution in [0.5, 0.6) is 0 Å². The summed E-state index contributed by atoms with van der Waals surface area (Å²) in [5.41, 5.74) is 0.802. The molecule has 0 spiro atoms. The standard InChI is InChI=1S/C15H22N2O3S/c1-12-5-3-4-6-15(12)21(18,19)17-8-13-7-16(2)14(9-17)11-20-10-13/h3-6,13-14H,7-11H2,1-2H3/t13-,14+/m1/s1. The molecule has 0 radical (unpaired) electrons. The van der Waals surface area contributed by atoms with E-state index in [4.69, 9.17) is 4.74 Å². The van der Waals surface area contributed by atoms with Crippen LogP contribution in [-0.4, -0.2) is 63.6 Å². The van der Waals surface area contributed by atoms with Gasteiger partial charge in [-0.2, -0.15) is 4.31 Å². The third-order valence-corrected chi connectivity index (χ3v) is 6.41. The maximum absolute atomic E-state index is 13.0. The van der Waals surface area contributed by atoms with E-state index in [9.17, 15) is 8.42 Å². The van der Waals surface area contributed by atoms with Gasteiger partial charge in [0.25, 0.3) is 0 Å². The minimum atomic E-state index is -3.43. The van der Waals surface area contributed by atoms with E-state index in [0.29, 0.717) is 31.2 Å². The van der Waals surface area contributed by atoms with Gasteiger partial charge in [-0.25, -0.2) is 8.42 Å². The zero-order valence-corrected chi connectivity index (χ0v) is 13.3. The monoisotopic (exact) mass is 310 g/mol. The molecule has 0 unspecified atom stereocenters. The molecule has 2 heterocycles. The Morgan fingerprint density at radius 2 is 1.90 bits per heavy atom. The molecule has 2 aliphatic rings. The first-order valence-corrected chi connectivity index (χ1v) is 8.76. The van der Waals surface area contributed by atoms with E-state index < -0.39 is 10.0 Å². The van der Waals surface area contributed by atoms with Gasteiger partial charge in [-0.1, -0.05) is 18.2 Å². The van der Waals surface area contributed by atoms with Crippen molar-refractivity contribution in [1.29, 1.82) is 0 Å². The Hall–Kier alpha value is -0.950. The number of nitrogens with zero attached hydrogens (tertiary/aromatic N) is 2. The molecule has 2 bridgehead atoms. The summed E-state index contributed by atoms with van der Waals surface area (Å²) in [6.45, 7) is 5.03. The van der Waals surface area contributed by atoms with E-state index in [1.54, 1.807) is 16.4 Å². The Balaban J connectivity index is 1.94. The van der Waals surface area contributed by atoms with Crippen LogP contribution in [0.3, 0.4) is 0 Å².